The maximum atomic E-state index is 3.46. The van der Waals surface area contributed by atoms with Crippen molar-refractivity contribution in [2.75, 3.05) is 32.7 Å². The highest BCUT2D eigenvalue weighted by atomic mass is 15.1. The molecule has 0 spiro atoms. The van der Waals surface area contributed by atoms with Crippen LogP contribution in [-0.2, 0) is 0 Å². The SMILES string of the molecule is CCC1CCN(CC2CCNC2)CC1. The second kappa shape index (κ2) is 5.13. The summed E-state index contributed by atoms with van der Waals surface area (Å²) < 4.78 is 0. The van der Waals surface area contributed by atoms with E-state index in [4.69, 9.17) is 0 Å². The summed E-state index contributed by atoms with van der Waals surface area (Å²) in [6, 6.07) is 0. The third kappa shape index (κ3) is 2.71. The van der Waals surface area contributed by atoms with E-state index in [0.717, 1.165) is 11.8 Å². The molecule has 2 heteroatoms. The maximum absolute atomic E-state index is 3.46. The lowest BCUT2D eigenvalue weighted by molar-refractivity contribution is 0.162. The van der Waals surface area contributed by atoms with Crippen molar-refractivity contribution in [2.24, 2.45) is 11.8 Å². The van der Waals surface area contributed by atoms with Gasteiger partial charge >= 0.3 is 0 Å². The minimum atomic E-state index is 0.938. The average molecular weight is 196 g/mol. The Labute approximate surface area is 88.1 Å². The van der Waals surface area contributed by atoms with Crippen LogP contribution < -0.4 is 5.32 Å². The Morgan fingerprint density at radius 3 is 2.50 bits per heavy atom. The summed E-state index contributed by atoms with van der Waals surface area (Å²) in [4.78, 5) is 2.68. The smallest absolute Gasteiger partial charge is 0.00223 e. The van der Waals surface area contributed by atoms with Crippen LogP contribution in [0.1, 0.15) is 32.6 Å². The van der Waals surface area contributed by atoms with Crippen LogP contribution in [0.5, 0.6) is 0 Å². The molecule has 1 unspecified atom stereocenters. The van der Waals surface area contributed by atoms with E-state index >= 15 is 0 Å². The summed E-state index contributed by atoms with van der Waals surface area (Å²) in [5.74, 6) is 1.96. The topological polar surface area (TPSA) is 15.3 Å². The molecule has 0 aromatic heterocycles. The largest absolute Gasteiger partial charge is 0.316 e. The van der Waals surface area contributed by atoms with E-state index in [2.05, 4.69) is 17.1 Å². The van der Waals surface area contributed by atoms with Crippen LogP contribution in [0.15, 0.2) is 0 Å². The molecule has 2 nitrogen and oxygen atoms in total. The van der Waals surface area contributed by atoms with Crippen LogP contribution in [0.3, 0.4) is 0 Å². The van der Waals surface area contributed by atoms with Crippen LogP contribution in [0.25, 0.3) is 0 Å². The van der Waals surface area contributed by atoms with E-state index in [1.54, 1.807) is 0 Å². The molecule has 2 aliphatic heterocycles. The van der Waals surface area contributed by atoms with E-state index in [1.807, 2.05) is 0 Å². The number of nitrogens with zero attached hydrogens (tertiary/aromatic N) is 1. The Kier molecular flexibility index (Phi) is 3.82. The summed E-state index contributed by atoms with van der Waals surface area (Å²) in [6.07, 6.45) is 5.67. The fourth-order valence-electron chi connectivity index (χ4n) is 2.81. The molecule has 1 atom stereocenters. The van der Waals surface area contributed by atoms with E-state index in [0.29, 0.717) is 0 Å². The van der Waals surface area contributed by atoms with Gasteiger partial charge in [0.15, 0.2) is 0 Å². The number of piperidine rings is 1. The minimum Gasteiger partial charge on any atom is -0.316 e. The van der Waals surface area contributed by atoms with Gasteiger partial charge in [-0.25, -0.2) is 0 Å². The lowest BCUT2D eigenvalue weighted by Crippen LogP contribution is -2.37. The molecule has 0 radical (unpaired) electrons. The standard InChI is InChI=1S/C12H24N2/c1-2-11-4-7-14(8-5-11)10-12-3-6-13-9-12/h11-13H,2-10H2,1H3. The van der Waals surface area contributed by atoms with Crippen molar-refractivity contribution in [3.05, 3.63) is 0 Å². The molecule has 2 aliphatic rings. The van der Waals surface area contributed by atoms with Gasteiger partial charge in [-0.15, -0.1) is 0 Å². The first-order valence-electron chi connectivity index (χ1n) is 6.31. The number of likely N-dealkylation sites (tertiary alicyclic amines) is 1. The number of nitrogens with one attached hydrogen (secondary N) is 1. The third-order valence-electron chi connectivity index (χ3n) is 3.96. The summed E-state index contributed by atoms with van der Waals surface area (Å²) >= 11 is 0. The molecule has 2 rings (SSSR count). The van der Waals surface area contributed by atoms with Gasteiger partial charge in [0.25, 0.3) is 0 Å². The lowest BCUT2D eigenvalue weighted by Gasteiger charge is -2.32. The first-order chi connectivity index (χ1) is 6.88. The van der Waals surface area contributed by atoms with Crippen LogP contribution in [0.4, 0.5) is 0 Å². The molecule has 0 aromatic rings. The van der Waals surface area contributed by atoms with Gasteiger partial charge in [0, 0.05) is 6.54 Å². The molecule has 0 aliphatic carbocycles. The molecule has 2 saturated heterocycles. The minimum absolute atomic E-state index is 0.938. The van der Waals surface area contributed by atoms with Crippen molar-refractivity contribution in [3.63, 3.8) is 0 Å². The van der Waals surface area contributed by atoms with Gasteiger partial charge in [0.2, 0.25) is 0 Å². The third-order valence-corrected chi connectivity index (χ3v) is 3.96. The number of hydrogen-bond acceptors (Lipinski definition) is 2. The Hall–Kier alpha value is -0.0800. The maximum Gasteiger partial charge on any atom is 0.00223 e. The monoisotopic (exact) mass is 196 g/mol. The number of hydrogen-bond donors (Lipinski definition) is 1. The molecule has 1 N–H and O–H groups in total. The summed E-state index contributed by atoms with van der Waals surface area (Å²) in [5, 5.41) is 3.46. The molecule has 0 aromatic carbocycles. The molecule has 2 fully saturated rings. The van der Waals surface area contributed by atoms with Gasteiger partial charge in [-0.2, -0.15) is 0 Å². The molecule has 0 bridgehead atoms. The normalized spacial score (nSPS) is 31.1. The van der Waals surface area contributed by atoms with Crippen molar-refractivity contribution in [3.8, 4) is 0 Å². The van der Waals surface area contributed by atoms with Crippen molar-refractivity contribution in [2.45, 2.75) is 32.6 Å². The summed E-state index contributed by atoms with van der Waals surface area (Å²) in [7, 11) is 0. The van der Waals surface area contributed by atoms with Crippen molar-refractivity contribution in [1.29, 1.82) is 0 Å². The highest BCUT2D eigenvalue weighted by Crippen LogP contribution is 2.21. The Morgan fingerprint density at radius 1 is 1.14 bits per heavy atom. The Bertz CT molecular complexity index is 156. The van der Waals surface area contributed by atoms with Gasteiger partial charge < -0.3 is 10.2 Å². The van der Waals surface area contributed by atoms with Crippen molar-refractivity contribution < 1.29 is 0 Å². The fraction of sp³-hybridized carbons (Fsp3) is 1.00. The Balaban J connectivity index is 1.67. The van der Waals surface area contributed by atoms with Crippen LogP contribution in [-0.4, -0.2) is 37.6 Å². The second-order valence-electron chi connectivity index (χ2n) is 5.01. The Morgan fingerprint density at radius 2 is 1.93 bits per heavy atom. The fourth-order valence-corrected chi connectivity index (χ4v) is 2.81. The van der Waals surface area contributed by atoms with Crippen LogP contribution >= 0.6 is 0 Å². The van der Waals surface area contributed by atoms with Gasteiger partial charge in [-0.1, -0.05) is 13.3 Å². The van der Waals surface area contributed by atoms with Gasteiger partial charge in [-0.05, 0) is 57.3 Å². The quantitative estimate of drug-likeness (QED) is 0.739. The molecule has 0 amide bonds. The molecular formula is C12H24N2. The highest BCUT2D eigenvalue weighted by Gasteiger charge is 2.22. The van der Waals surface area contributed by atoms with E-state index in [9.17, 15) is 0 Å². The molecule has 2 heterocycles. The van der Waals surface area contributed by atoms with Crippen molar-refractivity contribution in [1.82, 2.24) is 10.2 Å². The highest BCUT2D eigenvalue weighted by molar-refractivity contribution is 4.78. The predicted octanol–water partition coefficient (Wildman–Crippen LogP) is 1.72. The predicted molar refractivity (Wildman–Crippen MR) is 60.4 cm³/mol. The van der Waals surface area contributed by atoms with E-state index in [1.165, 1.54) is 58.4 Å². The van der Waals surface area contributed by atoms with E-state index < -0.39 is 0 Å². The molecule has 0 saturated carbocycles. The van der Waals surface area contributed by atoms with Gasteiger partial charge in [-0.3, -0.25) is 0 Å². The summed E-state index contributed by atoms with van der Waals surface area (Å²) in [5.41, 5.74) is 0. The average Bonchev–Trinajstić information content (AvgIpc) is 2.72. The number of rotatable bonds is 3. The van der Waals surface area contributed by atoms with Crippen molar-refractivity contribution >= 4 is 0 Å². The van der Waals surface area contributed by atoms with Gasteiger partial charge in [0.1, 0.15) is 0 Å². The first kappa shape index (κ1) is 10.4. The van der Waals surface area contributed by atoms with Crippen LogP contribution in [0, 0.1) is 11.8 Å². The first-order valence-corrected chi connectivity index (χ1v) is 6.31. The second-order valence-corrected chi connectivity index (χ2v) is 5.01. The molecule has 14 heavy (non-hydrogen) atoms. The molecule has 82 valence electrons. The van der Waals surface area contributed by atoms with Gasteiger partial charge in [0.05, 0.1) is 0 Å². The van der Waals surface area contributed by atoms with E-state index in [-0.39, 0.29) is 0 Å². The zero-order valence-corrected chi connectivity index (χ0v) is 9.47. The van der Waals surface area contributed by atoms with Crippen LogP contribution in [0.2, 0.25) is 0 Å². The lowest BCUT2D eigenvalue weighted by atomic mass is 9.94. The zero-order chi connectivity index (χ0) is 9.80. The molecular weight excluding hydrogens is 172 g/mol. The zero-order valence-electron chi connectivity index (χ0n) is 9.47. The summed E-state index contributed by atoms with van der Waals surface area (Å²) in [6.45, 7) is 8.90.